The Balaban J connectivity index is 2.29. The lowest BCUT2D eigenvalue weighted by Gasteiger charge is -2.18. The molecule has 1 aliphatic carbocycles. The van der Waals surface area contributed by atoms with E-state index in [0.29, 0.717) is 25.0 Å². The molecule has 94 valence electrons. The summed E-state index contributed by atoms with van der Waals surface area (Å²) in [6.45, 7) is 5.47. The van der Waals surface area contributed by atoms with E-state index in [9.17, 15) is 4.79 Å². The Kier molecular flexibility index (Phi) is 5.81. The second-order valence-corrected chi connectivity index (χ2v) is 5.06. The highest BCUT2D eigenvalue weighted by atomic mass is 16.5. The van der Waals surface area contributed by atoms with Crippen LogP contribution in [0.1, 0.15) is 46.0 Å². The molecule has 3 unspecified atom stereocenters. The van der Waals surface area contributed by atoms with E-state index in [4.69, 9.17) is 10.5 Å². The summed E-state index contributed by atoms with van der Waals surface area (Å²) >= 11 is 0. The predicted octanol–water partition coefficient (Wildman–Crippen LogP) is 2.34. The second kappa shape index (κ2) is 6.89. The topological polar surface area (TPSA) is 52.3 Å². The fourth-order valence-electron chi connectivity index (χ4n) is 2.54. The highest BCUT2D eigenvalue weighted by Gasteiger charge is 2.33. The largest absolute Gasteiger partial charge is 0.465 e. The molecular formula is C13H25NO2. The molecule has 16 heavy (non-hydrogen) atoms. The van der Waals surface area contributed by atoms with E-state index in [2.05, 4.69) is 13.8 Å². The van der Waals surface area contributed by atoms with Gasteiger partial charge in [-0.3, -0.25) is 4.79 Å². The number of ether oxygens (including phenoxy) is 1. The van der Waals surface area contributed by atoms with Crippen molar-refractivity contribution in [2.24, 2.45) is 23.5 Å². The summed E-state index contributed by atoms with van der Waals surface area (Å²) in [5.41, 5.74) is 5.66. The van der Waals surface area contributed by atoms with Crippen LogP contribution in [0.3, 0.4) is 0 Å². The van der Waals surface area contributed by atoms with Crippen LogP contribution in [0.25, 0.3) is 0 Å². The number of esters is 1. The molecule has 1 aliphatic rings. The summed E-state index contributed by atoms with van der Waals surface area (Å²) in [6.07, 6.45) is 5.43. The fraction of sp³-hybridized carbons (Fsp3) is 0.923. The van der Waals surface area contributed by atoms with Crippen molar-refractivity contribution < 1.29 is 9.53 Å². The van der Waals surface area contributed by atoms with E-state index in [1.54, 1.807) is 0 Å². The maximum absolute atomic E-state index is 11.8. The number of carbonyl (C=O) groups excluding carboxylic acids is 1. The summed E-state index contributed by atoms with van der Waals surface area (Å²) in [6, 6.07) is 0. The normalized spacial score (nSPS) is 26.7. The minimum Gasteiger partial charge on any atom is -0.465 e. The zero-order chi connectivity index (χ0) is 12.0. The first-order chi connectivity index (χ1) is 7.69. The molecule has 0 radical (unpaired) electrons. The molecule has 1 saturated carbocycles. The van der Waals surface area contributed by atoms with E-state index in [1.165, 1.54) is 0 Å². The summed E-state index contributed by atoms with van der Waals surface area (Å²) in [7, 11) is 0. The number of hydrogen-bond donors (Lipinski definition) is 1. The van der Waals surface area contributed by atoms with Crippen molar-refractivity contribution in [2.75, 3.05) is 13.2 Å². The molecule has 1 rings (SSSR count). The summed E-state index contributed by atoms with van der Waals surface area (Å²) in [4.78, 5) is 11.8. The molecule has 1 fully saturated rings. The Morgan fingerprint density at radius 1 is 1.50 bits per heavy atom. The first-order valence-electron chi connectivity index (χ1n) is 6.55. The Hall–Kier alpha value is -0.570. The summed E-state index contributed by atoms with van der Waals surface area (Å²) in [5, 5.41) is 0. The minimum absolute atomic E-state index is 0.0177. The molecule has 2 N–H and O–H groups in total. The van der Waals surface area contributed by atoms with Crippen LogP contribution in [0, 0.1) is 17.8 Å². The van der Waals surface area contributed by atoms with Gasteiger partial charge in [0.2, 0.25) is 0 Å². The van der Waals surface area contributed by atoms with Crippen molar-refractivity contribution in [2.45, 2.75) is 46.0 Å². The van der Waals surface area contributed by atoms with Gasteiger partial charge in [-0.25, -0.2) is 0 Å². The molecule has 3 nitrogen and oxygen atoms in total. The molecule has 0 aliphatic heterocycles. The zero-order valence-electron chi connectivity index (χ0n) is 10.6. The van der Waals surface area contributed by atoms with Crippen molar-refractivity contribution in [1.82, 2.24) is 0 Å². The van der Waals surface area contributed by atoms with Gasteiger partial charge in [-0.05, 0) is 37.6 Å². The third-order valence-corrected chi connectivity index (χ3v) is 3.56. The van der Waals surface area contributed by atoms with E-state index in [-0.39, 0.29) is 11.9 Å². The lowest BCUT2D eigenvalue weighted by molar-refractivity contribution is -0.151. The third kappa shape index (κ3) is 3.78. The standard InChI is InChI=1S/C13H25NO2/c1-3-5-10(2)9-16-13(15)12-7-4-6-11(12)8-14/h10-12H,3-9,14H2,1-2H3. The molecule has 3 heteroatoms. The smallest absolute Gasteiger partial charge is 0.309 e. The van der Waals surface area contributed by atoms with Crippen LogP contribution < -0.4 is 5.73 Å². The fourth-order valence-corrected chi connectivity index (χ4v) is 2.54. The SMILES string of the molecule is CCCC(C)COC(=O)C1CCCC1CN. The molecule has 0 spiro atoms. The Bertz CT molecular complexity index is 218. The van der Waals surface area contributed by atoms with Gasteiger partial charge in [-0.1, -0.05) is 26.7 Å². The van der Waals surface area contributed by atoms with E-state index >= 15 is 0 Å². The average molecular weight is 227 g/mol. The maximum Gasteiger partial charge on any atom is 0.309 e. The van der Waals surface area contributed by atoms with E-state index in [0.717, 1.165) is 32.1 Å². The molecule has 0 aromatic carbocycles. The lowest BCUT2D eigenvalue weighted by atomic mass is 9.96. The highest BCUT2D eigenvalue weighted by Crippen LogP contribution is 2.31. The van der Waals surface area contributed by atoms with Crippen LogP contribution in [0.4, 0.5) is 0 Å². The Morgan fingerprint density at radius 2 is 2.25 bits per heavy atom. The molecular weight excluding hydrogens is 202 g/mol. The van der Waals surface area contributed by atoms with Gasteiger partial charge in [0.25, 0.3) is 0 Å². The van der Waals surface area contributed by atoms with E-state index in [1.807, 2.05) is 0 Å². The van der Waals surface area contributed by atoms with Crippen LogP contribution in [0.2, 0.25) is 0 Å². The third-order valence-electron chi connectivity index (χ3n) is 3.56. The van der Waals surface area contributed by atoms with Crippen molar-refractivity contribution in [3.05, 3.63) is 0 Å². The summed E-state index contributed by atoms with van der Waals surface area (Å²) in [5.74, 6) is 0.885. The molecule has 0 aromatic heterocycles. The predicted molar refractivity (Wildman–Crippen MR) is 64.9 cm³/mol. The number of hydrogen-bond acceptors (Lipinski definition) is 3. The van der Waals surface area contributed by atoms with Crippen LogP contribution in [-0.2, 0) is 9.53 Å². The molecule has 3 atom stereocenters. The van der Waals surface area contributed by atoms with Crippen LogP contribution >= 0.6 is 0 Å². The molecule has 0 bridgehead atoms. The average Bonchev–Trinajstić information content (AvgIpc) is 2.74. The van der Waals surface area contributed by atoms with Gasteiger partial charge in [0, 0.05) is 0 Å². The van der Waals surface area contributed by atoms with Crippen molar-refractivity contribution in [3.63, 3.8) is 0 Å². The first kappa shape index (κ1) is 13.5. The van der Waals surface area contributed by atoms with Crippen LogP contribution in [-0.4, -0.2) is 19.1 Å². The van der Waals surface area contributed by atoms with Crippen LogP contribution in [0.5, 0.6) is 0 Å². The van der Waals surface area contributed by atoms with Crippen LogP contribution in [0.15, 0.2) is 0 Å². The van der Waals surface area contributed by atoms with Crippen molar-refractivity contribution in [3.8, 4) is 0 Å². The minimum atomic E-state index is -0.0177. The number of rotatable bonds is 6. The van der Waals surface area contributed by atoms with Gasteiger partial charge >= 0.3 is 5.97 Å². The van der Waals surface area contributed by atoms with Gasteiger partial charge < -0.3 is 10.5 Å². The summed E-state index contributed by atoms with van der Waals surface area (Å²) < 4.78 is 5.38. The molecule has 0 aromatic rings. The first-order valence-corrected chi connectivity index (χ1v) is 6.55. The van der Waals surface area contributed by atoms with Gasteiger partial charge in [0.1, 0.15) is 0 Å². The molecule has 0 amide bonds. The highest BCUT2D eigenvalue weighted by molar-refractivity contribution is 5.73. The van der Waals surface area contributed by atoms with Gasteiger partial charge in [-0.2, -0.15) is 0 Å². The van der Waals surface area contributed by atoms with Crippen molar-refractivity contribution in [1.29, 1.82) is 0 Å². The number of carbonyl (C=O) groups is 1. The molecule has 0 saturated heterocycles. The Labute approximate surface area is 98.7 Å². The monoisotopic (exact) mass is 227 g/mol. The zero-order valence-corrected chi connectivity index (χ0v) is 10.6. The van der Waals surface area contributed by atoms with Gasteiger partial charge in [-0.15, -0.1) is 0 Å². The Morgan fingerprint density at radius 3 is 2.88 bits per heavy atom. The van der Waals surface area contributed by atoms with Gasteiger partial charge in [0.05, 0.1) is 12.5 Å². The van der Waals surface area contributed by atoms with Gasteiger partial charge in [0.15, 0.2) is 0 Å². The van der Waals surface area contributed by atoms with Crippen molar-refractivity contribution >= 4 is 5.97 Å². The maximum atomic E-state index is 11.8. The number of nitrogens with two attached hydrogens (primary N) is 1. The molecule has 0 heterocycles. The van der Waals surface area contributed by atoms with E-state index < -0.39 is 0 Å². The quantitative estimate of drug-likeness (QED) is 0.709. The lowest BCUT2D eigenvalue weighted by Crippen LogP contribution is -2.27. The second-order valence-electron chi connectivity index (χ2n) is 5.06.